The molecule has 0 saturated heterocycles. The lowest BCUT2D eigenvalue weighted by atomic mass is 9.92. The van der Waals surface area contributed by atoms with Crippen molar-refractivity contribution in [2.75, 3.05) is 0 Å². The van der Waals surface area contributed by atoms with Gasteiger partial charge in [-0.15, -0.1) is 0 Å². The van der Waals surface area contributed by atoms with Crippen LogP contribution in [-0.2, 0) is 0 Å². The normalized spacial score (nSPS) is 11.1. The van der Waals surface area contributed by atoms with Gasteiger partial charge in [0.2, 0.25) is 0 Å². The molecule has 0 atom stereocenters. The van der Waals surface area contributed by atoms with Crippen LogP contribution < -0.4 is 0 Å². The van der Waals surface area contributed by atoms with E-state index >= 15 is 0 Å². The molecule has 9 aromatic rings. The number of fused-ring (bicyclic) bond motifs is 1. The van der Waals surface area contributed by atoms with E-state index in [9.17, 15) is 0 Å². The third kappa shape index (κ3) is 6.14. The summed E-state index contributed by atoms with van der Waals surface area (Å²) in [6, 6.07) is 63.1. The molecule has 0 saturated carbocycles. The Hall–Kier alpha value is -7.04. The highest BCUT2D eigenvalue weighted by atomic mass is 14.9. The molecule has 0 radical (unpaired) electrons. The fourth-order valence-corrected chi connectivity index (χ4v) is 6.79. The first kappa shape index (κ1) is 31.0. The van der Waals surface area contributed by atoms with Crippen LogP contribution in [0.4, 0.5) is 0 Å². The summed E-state index contributed by atoms with van der Waals surface area (Å²) < 4.78 is 0. The Balaban J connectivity index is 1.08. The lowest BCUT2D eigenvalue weighted by Crippen LogP contribution is -1.96. The van der Waals surface area contributed by atoms with Crippen LogP contribution in [0.25, 0.3) is 89.4 Å². The van der Waals surface area contributed by atoms with Gasteiger partial charge in [0.25, 0.3) is 0 Å². The predicted octanol–water partition coefficient (Wildman–Crippen LogP) is 12.1. The molecule has 0 fully saturated rings. The smallest absolute Gasteiger partial charge is 0.160 e. The molecule has 52 heavy (non-hydrogen) atoms. The van der Waals surface area contributed by atoms with Crippen molar-refractivity contribution in [2.45, 2.75) is 0 Å². The van der Waals surface area contributed by atoms with Crippen molar-refractivity contribution in [3.05, 3.63) is 194 Å². The summed E-state index contributed by atoms with van der Waals surface area (Å²) in [5, 5.41) is 2.37. The van der Waals surface area contributed by atoms with Crippen molar-refractivity contribution in [1.29, 1.82) is 0 Å². The predicted molar refractivity (Wildman–Crippen MR) is 213 cm³/mol. The molecule has 0 spiro atoms. The van der Waals surface area contributed by atoms with Crippen LogP contribution in [0.15, 0.2) is 194 Å². The number of pyridine rings is 2. The van der Waals surface area contributed by atoms with Crippen LogP contribution >= 0.6 is 0 Å². The Morgan fingerprint density at radius 1 is 0.288 bits per heavy atom. The average molecular weight is 665 g/mol. The molecule has 0 aliphatic heterocycles. The highest BCUT2D eigenvalue weighted by Gasteiger charge is 2.14. The van der Waals surface area contributed by atoms with Gasteiger partial charge in [-0.1, -0.05) is 152 Å². The molecular formula is C48H32N4. The number of nitrogens with zero attached hydrogens (tertiary/aromatic N) is 4. The molecule has 0 amide bonds. The highest BCUT2D eigenvalue weighted by Crippen LogP contribution is 2.37. The van der Waals surface area contributed by atoms with Crippen LogP contribution in [0.2, 0.25) is 0 Å². The Morgan fingerprint density at radius 2 is 0.846 bits per heavy atom. The van der Waals surface area contributed by atoms with Crippen molar-refractivity contribution in [3.8, 4) is 78.7 Å². The number of hydrogen-bond donors (Lipinski definition) is 0. The fraction of sp³-hybridized carbons (Fsp3) is 0. The molecule has 0 aliphatic carbocycles. The lowest BCUT2D eigenvalue weighted by Gasteiger charge is -2.13. The van der Waals surface area contributed by atoms with Gasteiger partial charge in [-0.05, 0) is 68.9 Å². The Labute approximate surface area is 302 Å². The minimum atomic E-state index is 0.700. The van der Waals surface area contributed by atoms with Crippen LogP contribution in [0.5, 0.6) is 0 Å². The maximum absolute atomic E-state index is 5.08. The first-order chi connectivity index (χ1) is 25.8. The van der Waals surface area contributed by atoms with Gasteiger partial charge in [-0.2, -0.15) is 0 Å². The van der Waals surface area contributed by atoms with Crippen LogP contribution in [0, 0.1) is 0 Å². The van der Waals surface area contributed by atoms with Gasteiger partial charge in [0.05, 0.1) is 22.8 Å². The zero-order valence-corrected chi connectivity index (χ0v) is 28.3. The van der Waals surface area contributed by atoms with Crippen molar-refractivity contribution >= 4 is 10.8 Å². The minimum Gasteiger partial charge on any atom is -0.255 e. The summed E-state index contributed by atoms with van der Waals surface area (Å²) in [6.45, 7) is 0. The summed E-state index contributed by atoms with van der Waals surface area (Å²) in [6.07, 6.45) is 3.74. The molecule has 4 nitrogen and oxygen atoms in total. The van der Waals surface area contributed by atoms with Gasteiger partial charge in [-0.3, -0.25) is 9.97 Å². The first-order valence-electron chi connectivity index (χ1n) is 17.4. The van der Waals surface area contributed by atoms with Crippen LogP contribution in [0.3, 0.4) is 0 Å². The summed E-state index contributed by atoms with van der Waals surface area (Å²) in [5.74, 6) is 0.700. The molecule has 9 rings (SSSR count). The van der Waals surface area contributed by atoms with E-state index in [1.807, 2.05) is 54.7 Å². The van der Waals surface area contributed by atoms with E-state index in [0.717, 1.165) is 61.7 Å². The van der Waals surface area contributed by atoms with Gasteiger partial charge in [0.1, 0.15) is 0 Å². The maximum Gasteiger partial charge on any atom is 0.160 e. The largest absolute Gasteiger partial charge is 0.255 e. The van der Waals surface area contributed by atoms with Gasteiger partial charge >= 0.3 is 0 Å². The van der Waals surface area contributed by atoms with E-state index < -0.39 is 0 Å². The third-order valence-corrected chi connectivity index (χ3v) is 9.44. The average Bonchev–Trinajstić information content (AvgIpc) is 3.24. The molecule has 3 heterocycles. The molecule has 3 aromatic heterocycles. The number of rotatable bonds is 7. The van der Waals surface area contributed by atoms with Gasteiger partial charge in [0, 0.05) is 34.6 Å². The molecule has 244 valence electrons. The molecule has 0 aliphatic rings. The maximum atomic E-state index is 5.08. The third-order valence-electron chi connectivity index (χ3n) is 9.44. The van der Waals surface area contributed by atoms with Gasteiger partial charge in [-0.25, -0.2) is 9.97 Å². The molecule has 0 bridgehead atoms. The second kappa shape index (κ2) is 13.7. The molecule has 4 heteroatoms. The summed E-state index contributed by atoms with van der Waals surface area (Å²) in [5.41, 5.74) is 13.4. The monoisotopic (exact) mass is 664 g/mol. The van der Waals surface area contributed by atoms with Crippen molar-refractivity contribution < 1.29 is 0 Å². The van der Waals surface area contributed by atoms with E-state index in [0.29, 0.717) is 5.82 Å². The van der Waals surface area contributed by atoms with E-state index in [-0.39, 0.29) is 0 Å². The van der Waals surface area contributed by atoms with E-state index in [4.69, 9.17) is 15.0 Å². The fourth-order valence-electron chi connectivity index (χ4n) is 6.79. The minimum absolute atomic E-state index is 0.700. The zero-order valence-electron chi connectivity index (χ0n) is 28.3. The van der Waals surface area contributed by atoms with E-state index in [2.05, 4.69) is 138 Å². The lowest BCUT2D eigenvalue weighted by molar-refractivity contribution is 1.18. The Kier molecular flexibility index (Phi) is 8.16. The van der Waals surface area contributed by atoms with Gasteiger partial charge in [0.15, 0.2) is 5.82 Å². The van der Waals surface area contributed by atoms with Gasteiger partial charge < -0.3 is 0 Å². The van der Waals surface area contributed by atoms with Crippen molar-refractivity contribution in [2.24, 2.45) is 0 Å². The number of hydrogen-bond acceptors (Lipinski definition) is 4. The number of aromatic nitrogens is 4. The Morgan fingerprint density at radius 3 is 1.52 bits per heavy atom. The molecule has 0 N–H and O–H groups in total. The van der Waals surface area contributed by atoms with Crippen molar-refractivity contribution in [1.82, 2.24) is 19.9 Å². The highest BCUT2D eigenvalue weighted by molar-refractivity contribution is 6.05. The van der Waals surface area contributed by atoms with Crippen LogP contribution in [-0.4, -0.2) is 19.9 Å². The number of benzene rings is 6. The van der Waals surface area contributed by atoms with E-state index in [1.54, 1.807) is 6.20 Å². The zero-order chi connectivity index (χ0) is 34.7. The summed E-state index contributed by atoms with van der Waals surface area (Å²) >= 11 is 0. The first-order valence-corrected chi connectivity index (χ1v) is 17.4. The SMILES string of the molecule is c1ccc(-c2cccc(-c3cc(-c4ccc(-c5ccc(-c6ccc(-c7ccccn7)nc6)c6ccccc56)cc4)nc(-c4ccccc4)n3)c2)cc1. The molecular weight excluding hydrogens is 633 g/mol. The standard InChI is InChI=1S/C48H32N4/c1-3-12-33(13-4-1)37-16-11-17-38(30-37)47-31-46(51-48(52-47)36-14-5-2-6-15-36)35-23-21-34(22-24-35)40-26-27-41(43-19-8-7-18-42(40)43)39-25-28-45(50-32-39)44-20-9-10-29-49-44/h1-32H. The summed E-state index contributed by atoms with van der Waals surface area (Å²) in [7, 11) is 0. The van der Waals surface area contributed by atoms with E-state index in [1.165, 1.54) is 21.9 Å². The Bertz CT molecular complexity index is 2640. The topological polar surface area (TPSA) is 51.6 Å². The van der Waals surface area contributed by atoms with Crippen molar-refractivity contribution in [3.63, 3.8) is 0 Å². The second-order valence-electron chi connectivity index (χ2n) is 12.7. The van der Waals surface area contributed by atoms with Crippen LogP contribution in [0.1, 0.15) is 0 Å². The quantitative estimate of drug-likeness (QED) is 0.170. The summed E-state index contributed by atoms with van der Waals surface area (Å²) in [4.78, 5) is 19.3. The molecule has 0 unspecified atom stereocenters. The second-order valence-corrected chi connectivity index (χ2v) is 12.7. The molecule has 6 aromatic carbocycles.